The molecular weight excluding hydrogens is 236 g/mol. The minimum atomic E-state index is -0.00944. The van der Waals surface area contributed by atoms with Crippen LogP contribution < -0.4 is 5.32 Å². The zero-order chi connectivity index (χ0) is 15.2. The molecule has 0 fully saturated rings. The summed E-state index contributed by atoms with van der Waals surface area (Å²) in [5, 5.41) is 3.08. The summed E-state index contributed by atoms with van der Waals surface area (Å²) in [6, 6.07) is 0.963. The van der Waals surface area contributed by atoms with Gasteiger partial charge < -0.3 is 5.32 Å². The summed E-state index contributed by atoms with van der Waals surface area (Å²) in [6.07, 6.45) is 2.03. The van der Waals surface area contributed by atoms with E-state index < -0.39 is 0 Å². The molecule has 0 aromatic rings. The van der Waals surface area contributed by atoms with Crippen LogP contribution in [0.15, 0.2) is 0 Å². The number of carbonyl (C=O) groups is 1. The molecule has 1 unspecified atom stereocenters. The van der Waals surface area contributed by atoms with Crippen LogP contribution in [0.25, 0.3) is 0 Å². The van der Waals surface area contributed by atoms with Crippen molar-refractivity contribution in [1.29, 1.82) is 0 Å². The van der Waals surface area contributed by atoms with Gasteiger partial charge in [0.2, 0.25) is 5.91 Å². The highest BCUT2D eigenvalue weighted by molar-refractivity contribution is 5.82. The fourth-order valence-electron chi connectivity index (χ4n) is 2.60. The molecule has 0 aliphatic carbocycles. The maximum absolute atomic E-state index is 12.5. The van der Waals surface area contributed by atoms with Crippen LogP contribution in [0.2, 0.25) is 0 Å². The van der Waals surface area contributed by atoms with E-state index in [1.165, 1.54) is 0 Å². The Kier molecular flexibility index (Phi) is 8.31. The van der Waals surface area contributed by atoms with Crippen molar-refractivity contribution in [2.75, 3.05) is 0 Å². The lowest BCUT2D eigenvalue weighted by Crippen LogP contribution is -2.53. The van der Waals surface area contributed by atoms with Gasteiger partial charge >= 0.3 is 0 Å². The van der Waals surface area contributed by atoms with Crippen molar-refractivity contribution in [3.05, 3.63) is 0 Å². The molecule has 19 heavy (non-hydrogen) atoms. The fourth-order valence-corrected chi connectivity index (χ4v) is 2.60. The van der Waals surface area contributed by atoms with Crippen molar-refractivity contribution in [2.45, 2.75) is 92.4 Å². The third-order valence-corrected chi connectivity index (χ3v) is 3.30. The van der Waals surface area contributed by atoms with Gasteiger partial charge in [0.25, 0.3) is 0 Å². The zero-order valence-corrected chi connectivity index (χ0v) is 14.2. The first-order valence-corrected chi connectivity index (χ1v) is 7.74. The standard InChI is InChI=1S/C16H34N2O/c1-11(2)9-10-15(16(19)17-12(3)4)18(13(5)6)14(7)8/h11-15H,9-10H2,1-8H3,(H,17,19). The molecular formula is C16H34N2O. The first-order valence-electron chi connectivity index (χ1n) is 7.74. The minimum absolute atomic E-state index is 0.00944. The number of rotatable bonds is 8. The van der Waals surface area contributed by atoms with E-state index in [2.05, 4.69) is 51.8 Å². The van der Waals surface area contributed by atoms with Gasteiger partial charge in [-0.25, -0.2) is 0 Å². The Morgan fingerprint density at radius 1 is 0.895 bits per heavy atom. The molecule has 3 heteroatoms. The summed E-state index contributed by atoms with van der Waals surface area (Å²) in [5.41, 5.74) is 0. The zero-order valence-electron chi connectivity index (χ0n) is 14.2. The molecule has 0 aromatic heterocycles. The average molecular weight is 270 g/mol. The van der Waals surface area contributed by atoms with Crippen LogP contribution in [0.1, 0.15) is 68.2 Å². The van der Waals surface area contributed by atoms with Crippen LogP contribution in [-0.2, 0) is 4.79 Å². The largest absolute Gasteiger partial charge is 0.353 e. The normalized spacial score (nSPS) is 13.9. The Hall–Kier alpha value is -0.570. The van der Waals surface area contributed by atoms with E-state index in [1.807, 2.05) is 13.8 Å². The van der Waals surface area contributed by atoms with Crippen LogP contribution in [-0.4, -0.2) is 35.0 Å². The van der Waals surface area contributed by atoms with E-state index >= 15 is 0 Å². The number of carbonyl (C=O) groups excluding carboxylic acids is 1. The topological polar surface area (TPSA) is 32.3 Å². The van der Waals surface area contributed by atoms with Gasteiger partial charge in [-0.1, -0.05) is 13.8 Å². The molecule has 1 amide bonds. The van der Waals surface area contributed by atoms with Crippen LogP contribution in [0.3, 0.4) is 0 Å². The Balaban J connectivity index is 4.95. The summed E-state index contributed by atoms with van der Waals surface area (Å²) >= 11 is 0. The molecule has 0 spiro atoms. The maximum Gasteiger partial charge on any atom is 0.237 e. The highest BCUT2D eigenvalue weighted by Gasteiger charge is 2.29. The first-order chi connectivity index (χ1) is 8.66. The molecule has 0 aromatic carbocycles. The summed E-state index contributed by atoms with van der Waals surface area (Å²) in [6.45, 7) is 17.2. The maximum atomic E-state index is 12.5. The molecule has 0 aliphatic rings. The van der Waals surface area contributed by atoms with E-state index in [1.54, 1.807) is 0 Å². The summed E-state index contributed by atoms with van der Waals surface area (Å²) in [4.78, 5) is 14.8. The molecule has 0 saturated carbocycles. The van der Waals surface area contributed by atoms with Crippen LogP contribution >= 0.6 is 0 Å². The van der Waals surface area contributed by atoms with E-state index in [0.717, 1.165) is 12.8 Å². The van der Waals surface area contributed by atoms with Crippen LogP contribution in [0.4, 0.5) is 0 Å². The third-order valence-electron chi connectivity index (χ3n) is 3.30. The van der Waals surface area contributed by atoms with E-state index in [4.69, 9.17) is 0 Å². The van der Waals surface area contributed by atoms with Gasteiger partial charge in [-0.15, -0.1) is 0 Å². The summed E-state index contributed by atoms with van der Waals surface area (Å²) < 4.78 is 0. The third kappa shape index (κ3) is 6.95. The number of nitrogens with one attached hydrogen (secondary N) is 1. The van der Waals surface area contributed by atoms with Gasteiger partial charge in [-0.3, -0.25) is 9.69 Å². The van der Waals surface area contributed by atoms with E-state index in [-0.39, 0.29) is 18.0 Å². The second-order valence-electron chi connectivity index (χ2n) is 6.78. The van der Waals surface area contributed by atoms with Crippen molar-refractivity contribution < 1.29 is 4.79 Å². The Bertz CT molecular complexity index is 251. The Labute approximate surface area is 120 Å². The van der Waals surface area contributed by atoms with E-state index in [0.29, 0.717) is 18.0 Å². The Morgan fingerprint density at radius 3 is 1.68 bits per heavy atom. The van der Waals surface area contributed by atoms with Gasteiger partial charge in [-0.2, -0.15) is 0 Å². The van der Waals surface area contributed by atoms with Crippen LogP contribution in [0.5, 0.6) is 0 Å². The van der Waals surface area contributed by atoms with E-state index in [9.17, 15) is 4.79 Å². The lowest BCUT2D eigenvalue weighted by atomic mass is 9.99. The predicted octanol–water partition coefficient (Wildman–Crippen LogP) is 3.43. The highest BCUT2D eigenvalue weighted by Crippen LogP contribution is 2.18. The molecule has 0 saturated heterocycles. The van der Waals surface area contributed by atoms with Gasteiger partial charge in [0, 0.05) is 18.1 Å². The lowest BCUT2D eigenvalue weighted by Gasteiger charge is -2.38. The lowest BCUT2D eigenvalue weighted by molar-refractivity contribution is -0.129. The summed E-state index contributed by atoms with van der Waals surface area (Å²) in [5.74, 6) is 0.813. The van der Waals surface area contributed by atoms with Gasteiger partial charge in [-0.05, 0) is 60.3 Å². The molecule has 1 N–H and O–H groups in total. The smallest absolute Gasteiger partial charge is 0.237 e. The minimum Gasteiger partial charge on any atom is -0.353 e. The molecule has 0 heterocycles. The molecule has 3 nitrogen and oxygen atoms in total. The monoisotopic (exact) mass is 270 g/mol. The first kappa shape index (κ1) is 18.4. The van der Waals surface area contributed by atoms with Crippen LogP contribution in [0, 0.1) is 5.92 Å². The predicted molar refractivity (Wildman–Crippen MR) is 83.2 cm³/mol. The van der Waals surface area contributed by atoms with Gasteiger partial charge in [0.05, 0.1) is 6.04 Å². The van der Waals surface area contributed by atoms with Crippen molar-refractivity contribution >= 4 is 5.91 Å². The van der Waals surface area contributed by atoms with Crippen molar-refractivity contribution in [1.82, 2.24) is 10.2 Å². The number of hydrogen-bond acceptors (Lipinski definition) is 2. The van der Waals surface area contributed by atoms with Gasteiger partial charge in [0.15, 0.2) is 0 Å². The molecule has 1 atom stereocenters. The quantitative estimate of drug-likeness (QED) is 0.733. The summed E-state index contributed by atoms with van der Waals surface area (Å²) in [7, 11) is 0. The second kappa shape index (κ2) is 8.57. The molecule has 0 bridgehead atoms. The number of hydrogen-bond donors (Lipinski definition) is 1. The Morgan fingerprint density at radius 2 is 1.37 bits per heavy atom. The molecule has 114 valence electrons. The van der Waals surface area contributed by atoms with Gasteiger partial charge in [0.1, 0.15) is 0 Å². The fraction of sp³-hybridized carbons (Fsp3) is 0.938. The number of amides is 1. The molecule has 0 rings (SSSR count). The highest BCUT2D eigenvalue weighted by atomic mass is 16.2. The SMILES string of the molecule is CC(C)CCC(C(=O)NC(C)C)N(C(C)C)C(C)C. The average Bonchev–Trinajstić information content (AvgIpc) is 2.20. The van der Waals surface area contributed by atoms with Crippen molar-refractivity contribution in [3.8, 4) is 0 Å². The molecule has 0 radical (unpaired) electrons. The number of nitrogens with zero attached hydrogens (tertiary/aromatic N) is 1. The second-order valence-corrected chi connectivity index (χ2v) is 6.78. The molecule has 0 aliphatic heterocycles. The van der Waals surface area contributed by atoms with Crippen molar-refractivity contribution in [3.63, 3.8) is 0 Å². The van der Waals surface area contributed by atoms with Crippen molar-refractivity contribution in [2.24, 2.45) is 5.92 Å².